The van der Waals surface area contributed by atoms with Crippen LogP contribution in [0.4, 0.5) is 0 Å². The molecule has 0 bridgehead atoms. The summed E-state index contributed by atoms with van der Waals surface area (Å²) in [4.78, 5) is 16.8. The van der Waals surface area contributed by atoms with Gasteiger partial charge in [-0.05, 0) is 22.5 Å². The summed E-state index contributed by atoms with van der Waals surface area (Å²) in [6.07, 6.45) is 4.18. The monoisotopic (exact) mass is 327 g/mol. The fraction of sp³-hybridized carbons (Fsp3) is 0.500. The van der Waals surface area contributed by atoms with Crippen molar-refractivity contribution < 1.29 is 4.79 Å². The Morgan fingerprint density at radius 2 is 1.83 bits per heavy atom. The van der Waals surface area contributed by atoms with Gasteiger partial charge in [0.1, 0.15) is 11.9 Å². The Balaban J connectivity index is 2.32. The van der Waals surface area contributed by atoms with E-state index >= 15 is 0 Å². The number of carbonyl (C=O) groups excluding carboxylic acids is 1. The number of carbonyl (C=O) groups is 1. The van der Waals surface area contributed by atoms with Crippen molar-refractivity contribution in [3.8, 4) is 0 Å². The topological polar surface area (TPSA) is 46.9 Å². The number of nitrogens with one attached hydrogen (secondary N) is 1. The molecule has 1 heterocycles. The summed E-state index contributed by atoms with van der Waals surface area (Å²) in [6, 6.07) is 8.23. The lowest BCUT2D eigenvalue weighted by Gasteiger charge is -2.22. The summed E-state index contributed by atoms with van der Waals surface area (Å²) in [5, 5.41) is 3.14. The van der Waals surface area contributed by atoms with Gasteiger partial charge in [0.05, 0.1) is 0 Å². The summed E-state index contributed by atoms with van der Waals surface area (Å²) in [5.74, 6) is 1.23. The predicted octanol–water partition coefficient (Wildman–Crippen LogP) is 3.97. The van der Waals surface area contributed by atoms with Gasteiger partial charge in [-0.2, -0.15) is 0 Å². The Hall–Kier alpha value is -2.10. The van der Waals surface area contributed by atoms with Crippen LogP contribution in [0.25, 0.3) is 0 Å². The molecule has 130 valence electrons. The smallest absolute Gasteiger partial charge is 0.221 e. The van der Waals surface area contributed by atoms with Gasteiger partial charge in [0.15, 0.2) is 0 Å². The first-order chi connectivity index (χ1) is 11.2. The minimum absolute atomic E-state index is 0.0536. The second-order valence-corrected chi connectivity index (χ2v) is 7.87. The van der Waals surface area contributed by atoms with E-state index in [0.717, 1.165) is 11.4 Å². The third-order valence-electron chi connectivity index (χ3n) is 4.13. The molecule has 0 saturated carbocycles. The summed E-state index contributed by atoms with van der Waals surface area (Å²) in [6.45, 7) is 10.7. The highest BCUT2D eigenvalue weighted by molar-refractivity contribution is 5.77. The van der Waals surface area contributed by atoms with Gasteiger partial charge < -0.3 is 9.88 Å². The Labute approximate surface area is 145 Å². The molecule has 0 saturated heterocycles. The third kappa shape index (κ3) is 4.47. The Bertz CT molecular complexity index is 678. The van der Waals surface area contributed by atoms with Crippen LogP contribution in [0.1, 0.15) is 64.0 Å². The lowest BCUT2D eigenvalue weighted by Crippen LogP contribution is -2.31. The van der Waals surface area contributed by atoms with E-state index in [2.05, 4.69) is 55.3 Å². The van der Waals surface area contributed by atoms with Crippen LogP contribution < -0.4 is 5.32 Å². The number of aryl methyl sites for hydroxylation is 1. The van der Waals surface area contributed by atoms with E-state index in [4.69, 9.17) is 0 Å². The SMILES string of the molecule is CC(C)CC(=O)NC(c1ccc(C(C)(C)C)cc1)c1nccn1C. The van der Waals surface area contributed by atoms with Crippen molar-refractivity contribution in [3.63, 3.8) is 0 Å². The second-order valence-electron chi connectivity index (χ2n) is 7.87. The number of hydrogen-bond donors (Lipinski definition) is 1. The zero-order valence-corrected chi connectivity index (χ0v) is 15.6. The normalized spacial score (nSPS) is 13.1. The molecule has 0 spiro atoms. The molecule has 0 aliphatic rings. The van der Waals surface area contributed by atoms with Gasteiger partial charge in [-0.15, -0.1) is 0 Å². The van der Waals surface area contributed by atoms with E-state index in [-0.39, 0.29) is 17.4 Å². The summed E-state index contributed by atoms with van der Waals surface area (Å²) >= 11 is 0. The first-order valence-corrected chi connectivity index (χ1v) is 8.55. The van der Waals surface area contributed by atoms with Crippen molar-refractivity contribution in [2.45, 2.75) is 52.5 Å². The molecule has 1 aromatic carbocycles. The minimum Gasteiger partial charge on any atom is -0.342 e. The van der Waals surface area contributed by atoms with Crippen LogP contribution in [-0.2, 0) is 17.3 Å². The van der Waals surface area contributed by atoms with Crippen LogP contribution >= 0.6 is 0 Å². The van der Waals surface area contributed by atoms with Crippen LogP contribution in [0.2, 0.25) is 0 Å². The second kappa shape index (κ2) is 7.20. The average Bonchev–Trinajstić information content (AvgIpc) is 2.89. The lowest BCUT2D eigenvalue weighted by atomic mass is 9.86. The zero-order valence-electron chi connectivity index (χ0n) is 15.6. The highest BCUT2D eigenvalue weighted by atomic mass is 16.1. The quantitative estimate of drug-likeness (QED) is 0.903. The van der Waals surface area contributed by atoms with Crippen molar-refractivity contribution >= 4 is 5.91 Å². The van der Waals surface area contributed by atoms with Crippen LogP contribution in [0.15, 0.2) is 36.7 Å². The molecule has 4 nitrogen and oxygen atoms in total. The fourth-order valence-corrected chi connectivity index (χ4v) is 2.72. The molecular weight excluding hydrogens is 298 g/mol. The van der Waals surface area contributed by atoms with Crippen LogP contribution in [0.3, 0.4) is 0 Å². The van der Waals surface area contributed by atoms with Gasteiger partial charge in [-0.1, -0.05) is 58.9 Å². The standard InChI is InChI=1S/C20H29N3O/c1-14(2)13-17(24)22-18(19-21-11-12-23(19)6)15-7-9-16(10-8-15)20(3,4)5/h7-12,14,18H,13H2,1-6H3,(H,22,24). The highest BCUT2D eigenvalue weighted by Gasteiger charge is 2.22. The zero-order chi connectivity index (χ0) is 17.9. The molecule has 0 radical (unpaired) electrons. The maximum Gasteiger partial charge on any atom is 0.221 e. The van der Waals surface area contributed by atoms with E-state index in [1.54, 1.807) is 6.20 Å². The van der Waals surface area contributed by atoms with Crippen LogP contribution in [0, 0.1) is 5.92 Å². The third-order valence-corrected chi connectivity index (χ3v) is 4.13. The van der Waals surface area contributed by atoms with Crippen molar-refractivity contribution in [2.75, 3.05) is 0 Å². The number of imidazole rings is 1. The van der Waals surface area contributed by atoms with E-state index in [0.29, 0.717) is 12.3 Å². The summed E-state index contributed by atoms with van der Waals surface area (Å²) < 4.78 is 1.96. The molecule has 2 rings (SSSR count). The molecule has 4 heteroatoms. The summed E-state index contributed by atoms with van der Waals surface area (Å²) in [7, 11) is 1.95. The molecule has 2 aromatic rings. The molecule has 24 heavy (non-hydrogen) atoms. The van der Waals surface area contributed by atoms with Gasteiger partial charge in [-0.25, -0.2) is 4.98 Å². The molecule has 1 N–H and O–H groups in total. The predicted molar refractivity (Wildman–Crippen MR) is 97.8 cm³/mol. The van der Waals surface area contributed by atoms with Gasteiger partial charge >= 0.3 is 0 Å². The highest BCUT2D eigenvalue weighted by Crippen LogP contribution is 2.26. The van der Waals surface area contributed by atoms with Crippen molar-refractivity contribution in [3.05, 3.63) is 53.6 Å². The fourth-order valence-electron chi connectivity index (χ4n) is 2.72. The van der Waals surface area contributed by atoms with Gasteiger partial charge in [0.25, 0.3) is 0 Å². The number of amides is 1. The Kier molecular flexibility index (Phi) is 5.47. The minimum atomic E-state index is -0.231. The number of benzene rings is 1. The molecule has 1 unspecified atom stereocenters. The van der Waals surface area contributed by atoms with Gasteiger partial charge in [-0.3, -0.25) is 4.79 Å². The Morgan fingerprint density at radius 1 is 1.21 bits per heavy atom. The lowest BCUT2D eigenvalue weighted by molar-refractivity contribution is -0.122. The maximum atomic E-state index is 12.3. The number of rotatable bonds is 5. The molecule has 1 aromatic heterocycles. The number of aromatic nitrogens is 2. The van der Waals surface area contributed by atoms with Crippen molar-refractivity contribution in [1.29, 1.82) is 0 Å². The number of hydrogen-bond acceptors (Lipinski definition) is 2. The van der Waals surface area contributed by atoms with Crippen LogP contribution in [-0.4, -0.2) is 15.5 Å². The van der Waals surface area contributed by atoms with Gasteiger partial charge in [0.2, 0.25) is 5.91 Å². The number of nitrogens with zero attached hydrogens (tertiary/aromatic N) is 2. The van der Waals surface area contributed by atoms with E-state index in [1.165, 1.54) is 5.56 Å². The van der Waals surface area contributed by atoms with E-state index in [9.17, 15) is 4.79 Å². The molecule has 1 atom stereocenters. The molecule has 1 amide bonds. The Morgan fingerprint density at radius 3 is 2.29 bits per heavy atom. The van der Waals surface area contributed by atoms with Crippen molar-refractivity contribution in [2.24, 2.45) is 13.0 Å². The van der Waals surface area contributed by atoms with Gasteiger partial charge in [0, 0.05) is 25.9 Å². The largest absolute Gasteiger partial charge is 0.342 e. The van der Waals surface area contributed by atoms with Crippen LogP contribution in [0.5, 0.6) is 0 Å². The summed E-state index contributed by atoms with van der Waals surface area (Å²) in [5.41, 5.74) is 2.44. The average molecular weight is 327 g/mol. The molecule has 0 aliphatic carbocycles. The molecule has 0 fully saturated rings. The molecular formula is C20H29N3O. The van der Waals surface area contributed by atoms with E-state index in [1.807, 2.05) is 31.7 Å². The maximum absolute atomic E-state index is 12.3. The molecule has 0 aliphatic heterocycles. The van der Waals surface area contributed by atoms with E-state index < -0.39 is 0 Å². The first kappa shape index (κ1) is 18.2. The first-order valence-electron chi connectivity index (χ1n) is 8.55. The van der Waals surface area contributed by atoms with Crippen molar-refractivity contribution in [1.82, 2.24) is 14.9 Å².